The van der Waals surface area contributed by atoms with E-state index in [2.05, 4.69) is 20.9 Å². The number of nitrogens with two attached hydrogens (primary N) is 1. The van der Waals surface area contributed by atoms with Crippen LogP contribution < -0.4 is 21.7 Å². The van der Waals surface area contributed by atoms with E-state index in [0.717, 1.165) is 0 Å². The van der Waals surface area contributed by atoms with E-state index < -0.39 is 22.3 Å². The highest BCUT2D eigenvalue weighted by molar-refractivity contribution is 8.24. The minimum Gasteiger partial charge on any atom is -0.396 e. The highest BCUT2D eigenvalue weighted by Crippen LogP contribution is 2.45. The number of hydrogen-bond acceptors (Lipinski definition) is 9. The Labute approximate surface area is 231 Å². The van der Waals surface area contributed by atoms with E-state index in [-0.39, 0.29) is 42.3 Å². The maximum absolute atomic E-state index is 14.9. The van der Waals surface area contributed by atoms with Gasteiger partial charge in [0.1, 0.15) is 16.6 Å². The summed E-state index contributed by atoms with van der Waals surface area (Å²) >= 11 is 1.17. The molecular weight excluding hydrogens is 545 g/mol. The van der Waals surface area contributed by atoms with Crippen molar-refractivity contribution in [1.29, 1.82) is 0 Å². The SMILES string of the molecule is CC(CO)c1ccc(-c2cc(C(N)=O)c(Nc3cccc(CNCC(=O)NC4CCS(O)(O)C4)n3)s2)c(F)c1. The second-order valence-corrected chi connectivity index (χ2v) is 12.9. The molecule has 0 spiro atoms. The zero-order valence-corrected chi connectivity index (χ0v) is 22.9. The van der Waals surface area contributed by atoms with Crippen LogP contribution in [-0.2, 0) is 11.3 Å². The number of aliphatic hydroxyl groups is 1. The Morgan fingerprint density at radius 1 is 1.26 bits per heavy atom. The maximum Gasteiger partial charge on any atom is 0.251 e. The Hall–Kier alpha value is -3.07. The van der Waals surface area contributed by atoms with Crippen LogP contribution in [0.15, 0.2) is 42.5 Å². The summed E-state index contributed by atoms with van der Waals surface area (Å²) in [6.45, 7) is 2.04. The zero-order chi connectivity index (χ0) is 28.2. The summed E-state index contributed by atoms with van der Waals surface area (Å²) in [6, 6.07) is 11.3. The van der Waals surface area contributed by atoms with Gasteiger partial charge in [0.05, 0.1) is 23.6 Å². The van der Waals surface area contributed by atoms with Crippen molar-refractivity contribution in [2.24, 2.45) is 5.73 Å². The average molecular weight is 578 g/mol. The summed E-state index contributed by atoms with van der Waals surface area (Å²) < 4.78 is 34.3. The van der Waals surface area contributed by atoms with Gasteiger partial charge >= 0.3 is 0 Å². The number of aliphatic hydroxyl groups excluding tert-OH is 1. The number of halogens is 1. The van der Waals surface area contributed by atoms with Gasteiger partial charge in [-0.1, -0.05) is 25.1 Å². The molecule has 10 nitrogen and oxygen atoms in total. The first-order chi connectivity index (χ1) is 18.5. The van der Waals surface area contributed by atoms with Gasteiger partial charge in [0.25, 0.3) is 5.91 Å². The van der Waals surface area contributed by atoms with Crippen molar-refractivity contribution in [3.05, 3.63) is 65.1 Å². The Morgan fingerprint density at radius 3 is 2.72 bits per heavy atom. The first kappa shape index (κ1) is 28.9. The third-order valence-corrected chi connectivity index (χ3v) is 9.28. The molecule has 2 atom stereocenters. The van der Waals surface area contributed by atoms with Crippen LogP contribution in [0.1, 0.15) is 40.9 Å². The van der Waals surface area contributed by atoms with Gasteiger partial charge in [-0.15, -0.1) is 11.3 Å². The quantitative estimate of drug-likeness (QED) is 0.181. The largest absolute Gasteiger partial charge is 0.396 e. The molecule has 4 rings (SSSR count). The number of primary amides is 1. The predicted octanol–water partition coefficient (Wildman–Crippen LogP) is 3.62. The lowest BCUT2D eigenvalue weighted by molar-refractivity contribution is -0.120. The fraction of sp³-hybridized carbons (Fsp3) is 0.346. The van der Waals surface area contributed by atoms with E-state index >= 15 is 0 Å². The normalized spacial score (nSPS) is 17.9. The molecule has 0 saturated carbocycles. The van der Waals surface area contributed by atoms with E-state index in [0.29, 0.717) is 51.2 Å². The number of amides is 2. The smallest absolute Gasteiger partial charge is 0.251 e. The average Bonchev–Trinajstić information content (AvgIpc) is 3.46. The Bertz CT molecular complexity index is 1350. The Kier molecular flexibility index (Phi) is 9.20. The number of anilines is 2. The van der Waals surface area contributed by atoms with Gasteiger partial charge in [-0.2, -0.15) is 10.6 Å². The summed E-state index contributed by atoms with van der Waals surface area (Å²) in [5.74, 6) is -0.635. The number of pyridine rings is 1. The lowest BCUT2D eigenvalue weighted by atomic mass is 9.99. The molecule has 1 aliphatic heterocycles. The van der Waals surface area contributed by atoms with Crippen molar-refractivity contribution in [2.45, 2.75) is 31.8 Å². The van der Waals surface area contributed by atoms with Crippen LogP contribution in [0.3, 0.4) is 0 Å². The topological polar surface area (TPSA) is 170 Å². The number of aromatic nitrogens is 1. The number of carbonyl (C=O) groups is 2. The molecule has 210 valence electrons. The second kappa shape index (κ2) is 12.4. The molecule has 3 aromatic rings. The molecule has 1 fully saturated rings. The summed E-state index contributed by atoms with van der Waals surface area (Å²) in [4.78, 5) is 29.3. The van der Waals surface area contributed by atoms with Crippen molar-refractivity contribution >= 4 is 44.6 Å². The molecule has 0 radical (unpaired) electrons. The molecule has 2 amide bonds. The van der Waals surface area contributed by atoms with Crippen molar-refractivity contribution in [2.75, 3.05) is 30.0 Å². The third kappa shape index (κ3) is 7.53. The summed E-state index contributed by atoms with van der Waals surface area (Å²) in [6.07, 6.45) is 0.544. The molecule has 8 N–H and O–H groups in total. The number of carbonyl (C=O) groups excluding carboxylic acids is 2. The molecule has 13 heteroatoms. The van der Waals surface area contributed by atoms with Crippen molar-refractivity contribution in [1.82, 2.24) is 15.6 Å². The van der Waals surface area contributed by atoms with Gasteiger partial charge in [-0.25, -0.2) is 9.37 Å². The van der Waals surface area contributed by atoms with Crippen LogP contribution in [0.5, 0.6) is 0 Å². The van der Waals surface area contributed by atoms with Crippen molar-refractivity contribution in [3.63, 3.8) is 0 Å². The number of rotatable bonds is 11. The van der Waals surface area contributed by atoms with Crippen LogP contribution in [0.4, 0.5) is 15.2 Å². The number of nitrogens with zero attached hydrogens (tertiary/aromatic N) is 1. The number of hydrogen-bond donors (Lipinski definition) is 7. The molecule has 1 saturated heterocycles. The Morgan fingerprint density at radius 2 is 2.05 bits per heavy atom. The van der Waals surface area contributed by atoms with Gasteiger partial charge in [-0.05, 0) is 36.2 Å². The molecule has 3 heterocycles. The van der Waals surface area contributed by atoms with Crippen LogP contribution in [-0.4, -0.2) is 61.7 Å². The minimum absolute atomic E-state index is 0.0383. The van der Waals surface area contributed by atoms with Crippen LogP contribution in [0.25, 0.3) is 10.4 Å². The van der Waals surface area contributed by atoms with Gasteiger partial charge in [0.15, 0.2) is 0 Å². The zero-order valence-electron chi connectivity index (χ0n) is 21.3. The number of thiophene rings is 1. The lowest BCUT2D eigenvalue weighted by Gasteiger charge is -2.26. The van der Waals surface area contributed by atoms with E-state index in [1.165, 1.54) is 23.5 Å². The first-order valence-electron chi connectivity index (χ1n) is 12.4. The van der Waals surface area contributed by atoms with E-state index in [1.807, 2.05) is 0 Å². The highest BCUT2D eigenvalue weighted by atomic mass is 32.3. The molecule has 1 aliphatic rings. The van der Waals surface area contributed by atoms with Gasteiger partial charge in [0.2, 0.25) is 5.91 Å². The predicted molar refractivity (Wildman–Crippen MR) is 152 cm³/mol. The first-order valence-corrected chi connectivity index (χ1v) is 15.1. The van der Waals surface area contributed by atoms with Gasteiger partial charge in [-0.3, -0.25) is 18.7 Å². The summed E-state index contributed by atoms with van der Waals surface area (Å²) in [5, 5.41) is 18.7. The second-order valence-electron chi connectivity index (χ2n) is 9.51. The monoisotopic (exact) mass is 577 g/mol. The van der Waals surface area contributed by atoms with E-state index in [9.17, 15) is 28.2 Å². The maximum atomic E-state index is 14.9. The fourth-order valence-electron chi connectivity index (χ4n) is 4.22. The van der Waals surface area contributed by atoms with Gasteiger partial charge < -0.3 is 26.8 Å². The van der Waals surface area contributed by atoms with Crippen LogP contribution >= 0.6 is 21.9 Å². The lowest BCUT2D eigenvalue weighted by Crippen LogP contribution is -2.40. The molecule has 2 unspecified atom stereocenters. The number of nitrogens with one attached hydrogen (secondary N) is 3. The summed E-state index contributed by atoms with van der Waals surface area (Å²) in [7, 11) is -2.57. The van der Waals surface area contributed by atoms with Gasteiger partial charge in [0, 0.05) is 41.3 Å². The molecule has 1 aromatic carbocycles. The van der Waals surface area contributed by atoms with Crippen LogP contribution in [0.2, 0.25) is 0 Å². The van der Waals surface area contributed by atoms with E-state index in [1.54, 1.807) is 37.3 Å². The summed E-state index contributed by atoms with van der Waals surface area (Å²) in [5.41, 5.74) is 7.42. The van der Waals surface area contributed by atoms with E-state index in [4.69, 9.17) is 5.73 Å². The highest BCUT2D eigenvalue weighted by Gasteiger charge is 2.29. The molecular formula is C26H32FN5O5S2. The molecule has 2 aromatic heterocycles. The molecule has 0 bridgehead atoms. The Balaban J connectivity index is 1.40. The van der Waals surface area contributed by atoms with Crippen LogP contribution in [0, 0.1) is 5.82 Å². The number of benzene rings is 1. The third-order valence-electron chi connectivity index (χ3n) is 6.37. The standard InChI is InChI=1S/C26H32FN5O5S2/c1-15(13-33)16-5-6-19(21(27)9-16)22-10-20(25(28)35)26(38-22)32-23-4-2-3-17(30-23)11-29-12-24(34)31-18-7-8-39(36,37)14-18/h2-6,9-10,15,18,29,33,36-37H,7-8,11-14H2,1H3,(H2,28,35)(H,30,32)(H,31,34). The molecule has 39 heavy (non-hydrogen) atoms. The minimum atomic E-state index is -2.57. The fourth-order valence-corrected chi connectivity index (χ4v) is 7.04. The van der Waals surface area contributed by atoms with Crippen molar-refractivity contribution in [3.8, 4) is 10.4 Å². The van der Waals surface area contributed by atoms with Crippen molar-refractivity contribution < 1.29 is 28.2 Å². The molecule has 0 aliphatic carbocycles.